The normalized spacial score (nSPS) is 10.8. The molecule has 0 radical (unpaired) electrons. The second-order valence-electron chi connectivity index (χ2n) is 5.75. The molecule has 0 bridgehead atoms. The number of hydrogen-bond acceptors (Lipinski definition) is 3. The quantitative estimate of drug-likeness (QED) is 0.344. The standard InChI is InChI=1S/C21H15BrCl2N2O2/c22-17-11-14(12-25-26-21(27)16-6-2-4-8-19(16)24)9-10-20(17)28-13-15-5-1-3-7-18(15)23/h1-12H,13H2,(H,26,27)/b25-12-. The van der Waals surface area contributed by atoms with Crippen molar-refractivity contribution in [2.75, 3.05) is 0 Å². The lowest BCUT2D eigenvalue weighted by Gasteiger charge is -2.10. The van der Waals surface area contributed by atoms with Crippen molar-refractivity contribution < 1.29 is 9.53 Å². The molecule has 1 amide bonds. The number of ether oxygens (including phenoxy) is 1. The lowest BCUT2D eigenvalue weighted by molar-refractivity contribution is 0.0955. The first-order chi connectivity index (χ1) is 13.5. The summed E-state index contributed by atoms with van der Waals surface area (Å²) in [6, 6.07) is 19.8. The van der Waals surface area contributed by atoms with Gasteiger partial charge in [-0.3, -0.25) is 4.79 Å². The van der Waals surface area contributed by atoms with E-state index in [4.69, 9.17) is 27.9 Å². The van der Waals surface area contributed by atoms with Crippen LogP contribution in [0.4, 0.5) is 0 Å². The molecule has 0 aromatic heterocycles. The largest absolute Gasteiger partial charge is 0.488 e. The number of rotatable bonds is 6. The average Bonchev–Trinajstić information content (AvgIpc) is 2.69. The number of amides is 1. The SMILES string of the molecule is O=C(N/N=C\c1ccc(OCc2ccccc2Cl)c(Br)c1)c1ccccc1Cl. The first-order valence-electron chi connectivity index (χ1n) is 8.28. The lowest BCUT2D eigenvalue weighted by Crippen LogP contribution is -2.17. The van der Waals surface area contributed by atoms with Gasteiger partial charge in [-0.25, -0.2) is 5.43 Å². The minimum absolute atomic E-state index is 0.361. The molecular weight excluding hydrogens is 463 g/mol. The third kappa shape index (κ3) is 5.35. The summed E-state index contributed by atoms with van der Waals surface area (Å²) in [5.41, 5.74) is 4.52. The van der Waals surface area contributed by atoms with Gasteiger partial charge in [0.05, 0.1) is 21.3 Å². The van der Waals surface area contributed by atoms with Gasteiger partial charge in [0, 0.05) is 10.6 Å². The Morgan fingerprint density at radius 1 is 1.04 bits per heavy atom. The van der Waals surface area contributed by atoms with E-state index in [1.54, 1.807) is 24.3 Å². The Labute approximate surface area is 181 Å². The molecule has 0 aliphatic heterocycles. The Morgan fingerprint density at radius 3 is 2.46 bits per heavy atom. The molecule has 0 atom stereocenters. The van der Waals surface area contributed by atoms with Crippen molar-refractivity contribution in [2.24, 2.45) is 5.10 Å². The van der Waals surface area contributed by atoms with Crippen LogP contribution in [0, 0.1) is 0 Å². The van der Waals surface area contributed by atoms with Gasteiger partial charge >= 0.3 is 0 Å². The molecule has 3 rings (SSSR count). The zero-order chi connectivity index (χ0) is 19.9. The molecule has 0 spiro atoms. The summed E-state index contributed by atoms with van der Waals surface area (Å²) in [5.74, 6) is 0.304. The van der Waals surface area contributed by atoms with Gasteiger partial charge in [-0.1, -0.05) is 53.5 Å². The van der Waals surface area contributed by atoms with E-state index in [0.717, 1.165) is 15.6 Å². The van der Waals surface area contributed by atoms with Gasteiger partial charge in [0.15, 0.2) is 0 Å². The second kappa shape index (κ2) is 9.73. The van der Waals surface area contributed by atoms with Gasteiger partial charge in [-0.15, -0.1) is 0 Å². The summed E-state index contributed by atoms with van der Waals surface area (Å²) in [5, 5.41) is 5.01. The fourth-order valence-electron chi connectivity index (χ4n) is 2.36. The Bertz CT molecular complexity index is 1020. The van der Waals surface area contributed by atoms with Crippen molar-refractivity contribution >= 4 is 51.3 Å². The molecule has 3 aromatic rings. The zero-order valence-corrected chi connectivity index (χ0v) is 17.6. The van der Waals surface area contributed by atoms with Crippen molar-refractivity contribution in [3.63, 3.8) is 0 Å². The van der Waals surface area contributed by atoms with Crippen molar-refractivity contribution in [3.8, 4) is 5.75 Å². The lowest BCUT2D eigenvalue weighted by atomic mass is 10.2. The van der Waals surface area contributed by atoms with Gasteiger partial charge in [-0.2, -0.15) is 5.10 Å². The molecule has 0 saturated carbocycles. The van der Waals surface area contributed by atoms with Crippen LogP contribution in [-0.2, 0) is 6.61 Å². The molecule has 0 saturated heterocycles. The predicted octanol–water partition coefficient (Wildman–Crippen LogP) is 6.10. The van der Waals surface area contributed by atoms with E-state index in [2.05, 4.69) is 26.5 Å². The van der Waals surface area contributed by atoms with Crippen LogP contribution in [-0.4, -0.2) is 12.1 Å². The fraction of sp³-hybridized carbons (Fsp3) is 0.0476. The van der Waals surface area contributed by atoms with E-state index in [1.165, 1.54) is 6.21 Å². The molecule has 7 heteroatoms. The number of benzene rings is 3. The Morgan fingerprint density at radius 2 is 1.75 bits per heavy atom. The van der Waals surface area contributed by atoms with Crippen molar-refractivity contribution in [3.05, 3.63) is 97.9 Å². The molecule has 28 heavy (non-hydrogen) atoms. The Hall–Kier alpha value is -2.34. The van der Waals surface area contributed by atoms with Crippen LogP contribution in [0.15, 0.2) is 76.3 Å². The smallest absolute Gasteiger partial charge is 0.272 e. The molecule has 1 N–H and O–H groups in total. The number of nitrogens with one attached hydrogen (secondary N) is 1. The summed E-state index contributed by atoms with van der Waals surface area (Å²) >= 11 is 15.6. The highest BCUT2D eigenvalue weighted by molar-refractivity contribution is 9.10. The number of carbonyl (C=O) groups is 1. The summed E-state index contributed by atoms with van der Waals surface area (Å²) < 4.78 is 6.58. The number of hydrogen-bond donors (Lipinski definition) is 1. The fourth-order valence-corrected chi connectivity index (χ4v) is 3.28. The Kier molecular flexibility index (Phi) is 7.09. The first-order valence-corrected chi connectivity index (χ1v) is 9.83. The van der Waals surface area contributed by atoms with Gasteiger partial charge < -0.3 is 4.74 Å². The molecule has 0 aliphatic carbocycles. The van der Waals surface area contributed by atoms with E-state index >= 15 is 0 Å². The number of hydrazone groups is 1. The molecule has 142 valence electrons. The Balaban J connectivity index is 1.61. The van der Waals surface area contributed by atoms with E-state index in [9.17, 15) is 4.79 Å². The van der Waals surface area contributed by atoms with Crippen LogP contribution < -0.4 is 10.2 Å². The van der Waals surface area contributed by atoms with Crippen LogP contribution in [0.3, 0.4) is 0 Å². The van der Waals surface area contributed by atoms with Crippen molar-refractivity contribution in [2.45, 2.75) is 6.61 Å². The van der Waals surface area contributed by atoms with Crippen LogP contribution in [0.5, 0.6) is 5.75 Å². The predicted molar refractivity (Wildman–Crippen MR) is 116 cm³/mol. The van der Waals surface area contributed by atoms with Crippen LogP contribution in [0.25, 0.3) is 0 Å². The molecule has 0 unspecified atom stereocenters. The highest BCUT2D eigenvalue weighted by atomic mass is 79.9. The number of halogens is 3. The molecule has 0 fully saturated rings. The van der Waals surface area contributed by atoms with E-state index in [0.29, 0.717) is 28.0 Å². The monoisotopic (exact) mass is 476 g/mol. The van der Waals surface area contributed by atoms with Crippen LogP contribution >= 0.6 is 39.1 Å². The molecule has 4 nitrogen and oxygen atoms in total. The van der Waals surface area contributed by atoms with Gasteiger partial charge in [0.2, 0.25) is 0 Å². The summed E-state index contributed by atoms with van der Waals surface area (Å²) in [6.45, 7) is 0.361. The minimum Gasteiger partial charge on any atom is -0.488 e. The molecular formula is C21H15BrCl2N2O2. The number of carbonyl (C=O) groups excluding carboxylic acids is 1. The zero-order valence-electron chi connectivity index (χ0n) is 14.5. The van der Waals surface area contributed by atoms with Crippen LogP contribution in [0.1, 0.15) is 21.5 Å². The van der Waals surface area contributed by atoms with Gasteiger partial charge in [-0.05, 0) is 57.9 Å². The number of nitrogens with zero attached hydrogens (tertiary/aromatic N) is 1. The highest BCUT2D eigenvalue weighted by Gasteiger charge is 2.08. The van der Waals surface area contributed by atoms with Crippen molar-refractivity contribution in [1.82, 2.24) is 5.43 Å². The summed E-state index contributed by atoms with van der Waals surface area (Å²) in [4.78, 5) is 12.1. The minimum atomic E-state index is -0.374. The van der Waals surface area contributed by atoms with E-state index in [-0.39, 0.29) is 5.91 Å². The van der Waals surface area contributed by atoms with Crippen LogP contribution in [0.2, 0.25) is 10.0 Å². The topological polar surface area (TPSA) is 50.7 Å². The summed E-state index contributed by atoms with van der Waals surface area (Å²) in [7, 11) is 0. The second-order valence-corrected chi connectivity index (χ2v) is 7.42. The average molecular weight is 478 g/mol. The maximum atomic E-state index is 12.1. The maximum absolute atomic E-state index is 12.1. The first kappa shape index (κ1) is 20.4. The van der Waals surface area contributed by atoms with Crippen molar-refractivity contribution in [1.29, 1.82) is 0 Å². The maximum Gasteiger partial charge on any atom is 0.272 e. The molecule has 0 aliphatic rings. The van der Waals surface area contributed by atoms with Gasteiger partial charge in [0.1, 0.15) is 12.4 Å². The van der Waals surface area contributed by atoms with Gasteiger partial charge in [0.25, 0.3) is 5.91 Å². The molecule has 3 aromatic carbocycles. The third-order valence-corrected chi connectivity index (χ3v) is 5.11. The summed E-state index contributed by atoms with van der Waals surface area (Å²) in [6.07, 6.45) is 1.54. The van der Waals surface area contributed by atoms with E-state index in [1.807, 2.05) is 42.5 Å². The molecule has 0 heterocycles. The highest BCUT2D eigenvalue weighted by Crippen LogP contribution is 2.27. The third-order valence-electron chi connectivity index (χ3n) is 3.80. The van der Waals surface area contributed by atoms with E-state index < -0.39 is 0 Å².